The summed E-state index contributed by atoms with van der Waals surface area (Å²) in [5.41, 5.74) is 0.763. The number of aliphatic hydroxyl groups excluding tert-OH is 2. The second-order valence-corrected chi connectivity index (χ2v) is 7.01. The number of carboxylic acid groups (broad SMARTS) is 1. The Hall–Kier alpha value is -2.90. The van der Waals surface area contributed by atoms with Crippen molar-refractivity contribution in [3.63, 3.8) is 0 Å². The number of ether oxygens (including phenoxy) is 1. The highest BCUT2D eigenvalue weighted by atomic mass is 16.5. The molecule has 1 amide bonds. The summed E-state index contributed by atoms with van der Waals surface area (Å²) in [6.45, 7) is 3.07. The highest BCUT2D eigenvalue weighted by Gasteiger charge is 2.29. The zero-order chi connectivity index (χ0) is 20.7. The van der Waals surface area contributed by atoms with Crippen LogP contribution in [0.25, 0.3) is 0 Å². The fourth-order valence-electron chi connectivity index (χ4n) is 2.52. The first-order valence-corrected chi connectivity index (χ1v) is 8.86. The zero-order valence-electron chi connectivity index (χ0n) is 15.8. The van der Waals surface area contributed by atoms with Crippen LogP contribution in [0.5, 0.6) is 0 Å². The van der Waals surface area contributed by atoms with E-state index in [4.69, 9.17) is 4.74 Å². The molecule has 0 radical (unpaired) electrons. The number of aliphatic carboxylic acids is 1. The van der Waals surface area contributed by atoms with Crippen molar-refractivity contribution in [1.29, 1.82) is 0 Å². The minimum absolute atomic E-state index is 0.103. The van der Waals surface area contributed by atoms with Gasteiger partial charge in [0, 0.05) is 6.54 Å². The first kappa shape index (κ1) is 21.4. The molecule has 150 valence electrons. The molecule has 4 N–H and O–H groups in total. The van der Waals surface area contributed by atoms with Gasteiger partial charge in [0.05, 0.1) is 5.41 Å². The van der Waals surface area contributed by atoms with Crippen molar-refractivity contribution >= 4 is 12.1 Å². The van der Waals surface area contributed by atoms with Crippen LogP contribution >= 0.6 is 0 Å². The highest BCUT2D eigenvalue weighted by molar-refractivity contribution is 5.80. The van der Waals surface area contributed by atoms with E-state index in [9.17, 15) is 24.9 Å². The minimum atomic E-state index is -1.25. The molecule has 2 aromatic carbocycles. The van der Waals surface area contributed by atoms with E-state index in [1.165, 1.54) is 0 Å². The number of alkyl carbamates (subject to hydrolysis) is 1. The molecule has 0 aromatic heterocycles. The predicted octanol–water partition coefficient (Wildman–Crippen LogP) is 2.37. The molecule has 2 atom stereocenters. The summed E-state index contributed by atoms with van der Waals surface area (Å²) in [4.78, 5) is 23.0. The predicted molar refractivity (Wildman–Crippen MR) is 103 cm³/mol. The second-order valence-electron chi connectivity index (χ2n) is 7.01. The number of amides is 1. The van der Waals surface area contributed by atoms with E-state index >= 15 is 0 Å². The molecular formula is C21H25NO6. The molecule has 2 unspecified atom stereocenters. The van der Waals surface area contributed by atoms with Crippen LogP contribution in [0.1, 0.15) is 36.6 Å². The van der Waals surface area contributed by atoms with E-state index in [0.29, 0.717) is 11.1 Å². The molecule has 0 aliphatic carbocycles. The lowest BCUT2D eigenvalue weighted by molar-refractivity contribution is -0.142. The van der Waals surface area contributed by atoms with Crippen LogP contribution in [0.3, 0.4) is 0 Å². The van der Waals surface area contributed by atoms with Crippen LogP contribution in [0.2, 0.25) is 0 Å². The normalized spacial score (nSPS) is 13.4. The van der Waals surface area contributed by atoms with Gasteiger partial charge in [-0.3, -0.25) is 4.79 Å². The molecule has 0 spiro atoms. The number of carboxylic acids is 1. The minimum Gasteiger partial charge on any atom is -0.481 e. The van der Waals surface area contributed by atoms with Crippen LogP contribution in [-0.2, 0) is 21.6 Å². The van der Waals surface area contributed by atoms with Gasteiger partial charge >= 0.3 is 12.1 Å². The number of nitrogens with one attached hydrogen (secondary N) is 1. The van der Waals surface area contributed by atoms with Gasteiger partial charge in [-0.1, -0.05) is 54.6 Å². The third-order valence-electron chi connectivity index (χ3n) is 4.54. The Morgan fingerprint density at radius 1 is 1.04 bits per heavy atom. The second kappa shape index (κ2) is 9.34. The topological polar surface area (TPSA) is 116 Å². The molecule has 2 aromatic rings. The summed E-state index contributed by atoms with van der Waals surface area (Å²) < 4.78 is 5.04. The van der Waals surface area contributed by atoms with Crippen molar-refractivity contribution in [1.82, 2.24) is 5.32 Å². The Balaban J connectivity index is 1.85. The summed E-state index contributed by atoms with van der Waals surface area (Å²) in [6.07, 6.45) is -3.19. The summed E-state index contributed by atoms with van der Waals surface area (Å²) in [7, 11) is 0. The van der Waals surface area contributed by atoms with E-state index in [0.717, 1.165) is 5.56 Å². The first-order chi connectivity index (χ1) is 13.2. The Labute approximate surface area is 163 Å². The molecule has 7 heteroatoms. The largest absolute Gasteiger partial charge is 0.481 e. The quantitative estimate of drug-likeness (QED) is 0.553. The third-order valence-corrected chi connectivity index (χ3v) is 4.54. The number of benzene rings is 2. The van der Waals surface area contributed by atoms with Crippen molar-refractivity contribution in [3.05, 3.63) is 71.3 Å². The van der Waals surface area contributed by atoms with Gasteiger partial charge in [-0.25, -0.2) is 4.79 Å². The lowest BCUT2D eigenvalue weighted by atomic mass is 9.84. The number of carbonyl (C=O) groups is 2. The van der Waals surface area contributed by atoms with Crippen LogP contribution < -0.4 is 5.32 Å². The molecule has 7 nitrogen and oxygen atoms in total. The van der Waals surface area contributed by atoms with Crippen LogP contribution in [0.4, 0.5) is 4.79 Å². The lowest BCUT2D eigenvalue weighted by Gasteiger charge is -2.22. The zero-order valence-corrected chi connectivity index (χ0v) is 15.8. The van der Waals surface area contributed by atoms with Crippen LogP contribution in [0.15, 0.2) is 54.6 Å². The Morgan fingerprint density at radius 3 is 2.21 bits per heavy atom. The van der Waals surface area contributed by atoms with Gasteiger partial charge in [-0.05, 0) is 30.5 Å². The lowest BCUT2D eigenvalue weighted by Crippen LogP contribution is -2.35. The number of hydrogen-bond donors (Lipinski definition) is 4. The van der Waals surface area contributed by atoms with Crippen molar-refractivity contribution in [2.45, 2.75) is 38.1 Å². The maximum atomic E-state index is 11.7. The third kappa shape index (κ3) is 5.55. The average molecular weight is 387 g/mol. The van der Waals surface area contributed by atoms with Gasteiger partial charge in [-0.2, -0.15) is 0 Å². The van der Waals surface area contributed by atoms with Crippen molar-refractivity contribution in [3.8, 4) is 0 Å². The van der Waals surface area contributed by atoms with Gasteiger partial charge < -0.3 is 25.4 Å². The van der Waals surface area contributed by atoms with Gasteiger partial charge in [-0.15, -0.1) is 0 Å². The Bertz CT molecular complexity index is 788. The van der Waals surface area contributed by atoms with Crippen LogP contribution in [-0.4, -0.2) is 40.0 Å². The van der Waals surface area contributed by atoms with E-state index in [1.807, 2.05) is 30.3 Å². The Kier molecular flexibility index (Phi) is 7.14. The van der Waals surface area contributed by atoms with Crippen molar-refractivity contribution in [2.75, 3.05) is 6.54 Å². The highest BCUT2D eigenvalue weighted by Crippen LogP contribution is 2.26. The van der Waals surface area contributed by atoms with Crippen LogP contribution in [0, 0.1) is 0 Å². The average Bonchev–Trinajstić information content (AvgIpc) is 2.70. The maximum absolute atomic E-state index is 11.7. The fourth-order valence-corrected chi connectivity index (χ4v) is 2.52. The molecular weight excluding hydrogens is 362 g/mol. The van der Waals surface area contributed by atoms with Crippen molar-refractivity contribution < 1.29 is 29.6 Å². The molecule has 0 aliphatic heterocycles. The van der Waals surface area contributed by atoms with E-state index in [2.05, 4.69) is 5.32 Å². The fraction of sp³-hybridized carbons (Fsp3) is 0.333. The van der Waals surface area contributed by atoms with Gasteiger partial charge in [0.15, 0.2) is 0 Å². The summed E-state index contributed by atoms with van der Waals surface area (Å²) in [6, 6.07) is 15.5. The number of carbonyl (C=O) groups excluding carboxylic acids is 1. The molecule has 0 saturated carbocycles. The van der Waals surface area contributed by atoms with Crippen molar-refractivity contribution in [2.24, 2.45) is 0 Å². The Morgan fingerprint density at radius 2 is 1.64 bits per heavy atom. The van der Waals surface area contributed by atoms with Gasteiger partial charge in [0.2, 0.25) is 0 Å². The smallest absolute Gasteiger partial charge is 0.407 e. The summed E-state index contributed by atoms with van der Waals surface area (Å²) in [5.74, 6) is -0.959. The molecule has 0 bridgehead atoms. The summed E-state index contributed by atoms with van der Waals surface area (Å²) in [5, 5.41) is 32.0. The van der Waals surface area contributed by atoms with Gasteiger partial charge in [0.25, 0.3) is 0 Å². The molecule has 2 rings (SSSR count). The molecule has 28 heavy (non-hydrogen) atoms. The first-order valence-electron chi connectivity index (χ1n) is 8.86. The standard InChI is InChI=1S/C21H25NO6/c1-21(2,19(25)26)16-10-8-15(9-11-16)18(24)17(23)12-22-20(27)28-13-14-6-4-3-5-7-14/h3-11,17-18,23-24H,12-13H2,1-2H3,(H,22,27)(H,25,26). The molecule has 0 saturated heterocycles. The monoisotopic (exact) mass is 387 g/mol. The summed E-state index contributed by atoms with van der Waals surface area (Å²) >= 11 is 0. The van der Waals surface area contributed by atoms with Gasteiger partial charge in [0.1, 0.15) is 18.8 Å². The van der Waals surface area contributed by atoms with E-state index in [1.54, 1.807) is 38.1 Å². The number of rotatable bonds is 8. The molecule has 0 fully saturated rings. The van der Waals surface area contributed by atoms with E-state index < -0.39 is 29.7 Å². The van der Waals surface area contributed by atoms with E-state index in [-0.39, 0.29) is 13.2 Å². The SMILES string of the molecule is CC(C)(C(=O)O)c1ccc(C(O)C(O)CNC(=O)OCc2ccccc2)cc1. The number of hydrogen-bond acceptors (Lipinski definition) is 5. The molecule has 0 aliphatic rings. The molecule has 0 heterocycles. The number of aliphatic hydroxyl groups is 2. The maximum Gasteiger partial charge on any atom is 0.407 e.